The molecule has 0 heterocycles. The number of rotatable bonds is 5. The van der Waals surface area contributed by atoms with Crippen LogP contribution in [0.2, 0.25) is 0 Å². The standard InChI is InChI=1S/C9H15Cl2NO3/c1-5(2)4-6(9(14)15)12(3)8(13)7(10)11/h5-7H,4H2,1-3H3,(H,14,15)/t6-/m0/s1. The van der Waals surface area contributed by atoms with E-state index in [1.54, 1.807) is 0 Å². The van der Waals surface area contributed by atoms with Crippen molar-refractivity contribution in [1.82, 2.24) is 4.90 Å². The molecule has 0 spiro atoms. The number of nitrogens with zero attached hydrogens (tertiary/aromatic N) is 1. The zero-order chi connectivity index (χ0) is 12.2. The Bertz CT molecular complexity index is 244. The number of carbonyl (C=O) groups is 2. The maximum atomic E-state index is 11.4. The average molecular weight is 256 g/mol. The summed E-state index contributed by atoms with van der Waals surface area (Å²) in [5.74, 6) is -1.47. The smallest absolute Gasteiger partial charge is 0.326 e. The first-order valence-electron chi connectivity index (χ1n) is 4.55. The summed E-state index contributed by atoms with van der Waals surface area (Å²) >= 11 is 10.8. The van der Waals surface area contributed by atoms with Crippen molar-refractivity contribution in [2.45, 2.75) is 31.1 Å². The molecule has 0 aliphatic rings. The van der Waals surface area contributed by atoms with Crippen molar-refractivity contribution in [3.63, 3.8) is 0 Å². The number of alkyl halides is 2. The predicted molar refractivity (Wildman–Crippen MR) is 59.1 cm³/mol. The van der Waals surface area contributed by atoms with Crippen LogP contribution in [0, 0.1) is 5.92 Å². The number of aliphatic carboxylic acids is 1. The Morgan fingerprint density at radius 3 is 2.07 bits per heavy atom. The molecule has 0 aromatic heterocycles. The third-order valence-corrected chi connectivity index (χ3v) is 2.35. The normalized spacial score (nSPS) is 13.0. The first-order chi connectivity index (χ1) is 6.77. The van der Waals surface area contributed by atoms with E-state index in [0.29, 0.717) is 6.42 Å². The third kappa shape index (κ3) is 4.71. The van der Waals surface area contributed by atoms with Crippen LogP contribution in [0.25, 0.3) is 0 Å². The van der Waals surface area contributed by atoms with Gasteiger partial charge in [0.15, 0.2) is 4.84 Å². The number of amides is 1. The van der Waals surface area contributed by atoms with Crippen LogP contribution in [0.3, 0.4) is 0 Å². The molecule has 0 fully saturated rings. The number of hydrogen-bond donors (Lipinski definition) is 1. The van der Waals surface area contributed by atoms with Gasteiger partial charge in [-0.3, -0.25) is 4.79 Å². The van der Waals surface area contributed by atoms with Gasteiger partial charge in [-0.25, -0.2) is 4.79 Å². The molecule has 0 aliphatic carbocycles. The molecule has 1 amide bonds. The molecule has 0 aromatic carbocycles. The summed E-state index contributed by atoms with van der Waals surface area (Å²) in [6.07, 6.45) is 0.373. The number of carboxylic acid groups (broad SMARTS) is 1. The molecule has 6 heteroatoms. The minimum absolute atomic E-state index is 0.172. The monoisotopic (exact) mass is 255 g/mol. The highest BCUT2D eigenvalue weighted by Gasteiger charge is 2.29. The zero-order valence-electron chi connectivity index (χ0n) is 8.91. The van der Waals surface area contributed by atoms with Crippen LogP contribution in [0.4, 0.5) is 0 Å². The molecule has 0 aromatic rings. The van der Waals surface area contributed by atoms with E-state index in [4.69, 9.17) is 28.3 Å². The van der Waals surface area contributed by atoms with Gasteiger partial charge < -0.3 is 10.0 Å². The summed E-state index contributed by atoms with van der Waals surface area (Å²) in [7, 11) is 1.39. The Labute approximate surface area is 99.1 Å². The van der Waals surface area contributed by atoms with Crippen molar-refractivity contribution in [1.29, 1.82) is 0 Å². The number of carbonyl (C=O) groups excluding carboxylic acids is 1. The first-order valence-corrected chi connectivity index (χ1v) is 5.42. The van der Waals surface area contributed by atoms with Gasteiger partial charge in [0.05, 0.1) is 0 Å². The highest BCUT2D eigenvalue weighted by atomic mass is 35.5. The van der Waals surface area contributed by atoms with Crippen molar-refractivity contribution in [3.8, 4) is 0 Å². The number of halogens is 2. The van der Waals surface area contributed by atoms with Crippen LogP contribution in [-0.4, -0.2) is 39.8 Å². The second-order valence-electron chi connectivity index (χ2n) is 3.73. The lowest BCUT2D eigenvalue weighted by Gasteiger charge is -2.26. The van der Waals surface area contributed by atoms with Crippen molar-refractivity contribution in [2.24, 2.45) is 5.92 Å². The zero-order valence-corrected chi connectivity index (χ0v) is 10.4. The fraction of sp³-hybridized carbons (Fsp3) is 0.778. The minimum Gasteiger partial charge on any atom is -0.480 e. The van der Waals surface area contributed by atoms with Crippen molar-refractivity contribution in [3.05, 3.63) is 0 Å². The maximum absolute atomic E-state index is 11.4. The fourth-order valence-electron chi connectivity index (χ4n) is 1.18. The van der Waals surface area contributed by atoms with E-state index in [2.05, 4.69) is 0 Å². The maximum Gasteiger partial charge on any atom is 0.326 e. The number of hydrogen-bond acceptors (Lipinski definition) is 2. The molecule has 15 heavy (non-hydrogen) atoms. The highest BCUT2D eigenvalue weighted by molar-refractivity contribution is 6.53. The molecule has 0 aliphatic heterocycles. The molecule has 0 saturated carbocycles. The van der Waals surface area contributed by atoms with E-state index in [9.17, 15) is 9.59 Å². The SMILES string of the molecule is CC(C)C[C@@H](C(=O)O)N(C)C(=O)C(Cl)Cl. The molecular formula is C9H15Cl2NO3. The molecule has 0 rings (SSSR count). The van der Waals surface area contributed by atoms with Gasteiger partial charge in [0, 0.05) is 7.05 Å². The molecule has 1 N–H and O–H groups in total. The van der Waals surface area contributed by atoms with Crippen LogP contribution >= 0.6 is 23.2 Å². The van der Waals surface area contributed by atoms with Crippen molar-refractivity contribution >= 4 is 35.1 Å². The van der Waals surface area contributed by atoms with E-state index in [0.717, 1.165) is 4.90 Å². The van der Waals surface area contributed by atoms with E-state index in [1.165, 1.54) is 7.05 Å². The van der Waals surface area contributed by atoms with Crippen LogP contribution in [0.1, 0.15) is 20.3 Å². The van der Waals surface area contributed by atoms with Gasteiger partial charge in [-0.05, 0) is 12.3 Å². The Balaban J connectivity index is 4.62. The summed E-state index contributed by atoms with van der Waals surface area (Å²) in [5.41, 5.74) is 0. The Hall–Kier alpha value is -0.480. The topological polar surface area (TPSA) is 57.6 Å². The lowest BCUT2D eigenvalue weighted by molar-refractivity contribution is -0.149. The molecule has 0 unspecified atom stereocenters. The Morgan fingerprint density at radius 2 is 1.80 bits per heavy atom. The molecule has 0 saturated heterocycles. The molecular weight excluding hydrogens is 241 g/mol. The van der Waals surface area contributed by atoms with Gasteiger partial charge in [0.25, 0.3) is 5.91 Å². The number of likely N-dealkylation sites (N-methyl/N-ethyl adjacent to an activating group) is 1. The van der Waals surface area contributed by atoms with Gasteiger partial charge in [0.2, 0.25) is 0 Å². The van der Waals surface area contributed by atoms with Gasteiger partial charge in [-0.1, -0.05) is 37.0 Å². The van der Waals surface area contributed by atoms with Crippen LogP contribution in [0.15, 0.2) is 0 Å². The summed E-state index contributed by atoms with van der Waals surface area (Å²) in [4.78, 5) is 22.2. The summed E-state index contributed by atoms with van der Waals surface area (Å²) in [6.45, 7) is 3.76. The predicted octanol–water partition coefficient (Wildman–Crippen LogP) is 1.75. The fourth-order valence-corrected chi connectivity index (χ4v) is 1.49. The molecule has 1 atom stereocenters. The van der Waals surface area contributed by atoms with Gasteiger partial charge in [0.1, 0.15) is 6.04 Å². The van der Waals surface area contributed by atoms with E-state index >= 15 is 0 Å². The van der Waals surface area contributed by atoms with E-state index < -0.39 is 22.8 Å². The second-order valence-corrected chi connectivity index (χ2v) is 4.83. The van der Waals surface area contributed by atoms with Gasteiger partial charge in [-0.2, -0.15) is 0 Å². The summed E-state index contributed by atoms with van der Waals surface area (Å²) in [6, 6.07) is -0.877. The van der Waals surface area contributed by atoms with Crippen LogP contribution in [0.5, 0.6) is 0 Å². The third-order valence-electron chi connectivity index (χ3n) is 1.98. The van der Waals surface area contributed by atoms with Gasteiger partial charge >= 0.3 is 5.97 Å². The largest absolute Gasteiger partial charge is 0.480 e. The summed E-state index contributed by atoms with van der Waals surface area (Å²) in [5, 5.41) is 8.94. The highest BCUT2D eigenvalue weighted by Crippen LogP contribution is 2.14. The molecule has 4 nitrogen and oxygen atoms in total. The lowest BCUT2D eigenvalue weighted by atomic mass is 10.0. The number of carboxylic acids is 1. The minimum atomic E-state index is -1.22. The molecule has 88 valence electrons. The lowest BCUT2D eigenvalue weighted by Crippen LogP contribution is -2.45. The second kappa shape index (κ2) is 6.18. The first kappa shape index (κ1) is 14.5. The van der Waals surface area contributed by atoms with E-state index in [1.807, 2.05) is 13.8 Å². The molecule has 0 radical (unpaired) electrons. The average Bonchev–Trinajstić information content (AvgIpc) is 2.10. The van der Waals surface area contributed by atoms with Crippen LogP contribution in [-0.2, 0) is 9.59 Å². The van der Waals surface area contributed by atoms with E-state index in [-0.39, 0.29) is 5.92 Å². The quantitative estimate of drug-likeness (QED) is 0.762. The van der Waals surface area contributed by atoms with Crippen molar-refractivity contribution < 1.29 is 14.7 Å². The van der Waals surface area contributed by atoms with Crippen molar-refractivity contribution in [2.75, 3.05) is 7.05 Å². The molecule has 0 bridgehead atoms. The van der Waals surface area contributed by atoms with Gasteiger partial charge in [-0.15, -0.1) is 0 Å². The Kier molecular flexibility index (Phi) is 5.98. The Morgan fingerprint density at radius 1 is 1.33 bits per heavy atom. The van der Waals surface area contributed by atoms with Crippen LogP contribution < -0.4 is 0 Å². The summed E-state index contributed by atoms with van der Waals surface area (Å²) < 4.78 is 0.